The molecule has 2 aromatic carbocycles. The largest absolute Gasteiger partial charge is 0.497 e. The molecule has 0 bridgehead atoms. The van der Waals surface area contributed by atoms with E-state index in [2.05, 4.69) is 4.98 Å². The van der Waals surface area contributed by atoms with E-state index in [1.165, 1.54) is 0 Å². The second-order valence-corrected chi connectivity index (χ2v) is 6.68. The Bertz CT molecular complexity index is 881. The van der Waals surface area contributed by atoms with E-state index in [4.69, 9.17) is 18.9 Å². The van der Waals surface area contributed by atoms with Crippen molar-refractivity contribution >= 4 is 6.09 Å². The van der Waals surface area contributed by atoms with E-state index in [9.17, 15) is 4.79 Å². The van der Waals surface area contributed by atoms with E-state index in [0.29, 0.717) is 19.0 Å². The van der Waals surface area contributed by atoms with Gasteiger partial charge in [-0.15, -0.1) is 0 Å². The molecule has 7 heteroatoms. The molecule has 0 atom stereocenters. The van der Waals surface area contributed by atoms with Crippen LogP contribution in [-0.2, 0) is 17.8 Å². The maximum Gasteiger partial charge on any atom is 0.410 e. The minimum Gasteiger partial charge on any atom is -0.497 e. The fourth-order valence-corrected chi connectivity index (χ4v) is 2.89. The monoisotopic (exact) mass is 422 g/mol. The number of carbonyl (C=O) groups is 1. The van der Waals surface area contributed by atoms with Crippen LogP contribution in [0.15, 0.2) is 72.9 Å². The van der Waals surface area contributed by atoms with Crippen LogP contribution in [0.3, 0.4) is 0 Å². The lowest BCUT2D eigenvalue weighted by Gasteiger charge is -2.23. The molecule has 1 heterocycles. The Labute approximate surface area is 182 Å². The van der Waals surface area contributed by atoms with E-state index < -0.39 is 6.09 Å². The molecule has 0 aliphatic rings. The lowest BCUT2D eigenvalue weighted by Crippen LogP contribution is -2.31. The zero-order valence-corrected chi connectivity index (χ0v) is 17.7. The summed E-state index contributed by atoms with van der Waals surface area (Å²) in [6, 6.07) is 20.6. The van der Waals surface area contributed by atoms with Gasteiger partial charge in [0.25, 0.3) is 0 Å². The molecule has 0 saturated carbocycles. The molecule has 0 spiro atoms. The van der Waals surface area contributed by atoms with Gasteiger partial charge in [-0.2, -0.15) is 0 Å². The number of pyridine rings is 1. The summed E-state index contributed by atoms with van der Waals surface area (Å²) in [5, 5.41) is 0. The van der Waals surface area contributed by atoms with Crippen LogP contribution in [0.4, 0.5) is 4.79 Å². The van der Waals surface area contributed by atoms with Crippen molar-refractivity contribution in [2.45, 2.75) is 13.1 Å². The van der Waals surface area contributed by atoms with Gasteiger partial charge in [0.15, 0.2) is 0 Å². The van der Waals surface area contributed by atoms with Crippen molar-refractivity contribution in [3.8, 4) is 17.4 Å². The highest BCUT2D eigenvalue weighted by atomic mass is 16.6. The number of amides is 1. The van der Waals surface area contributed by atoms with Crippen molar-refractivity contribution in [1.82, 2.24) is 9.88 Å². The molecule has 1 aromatic heterocycles. The van der Waals surface area contributed by atoms with E-state index in [-0.39, 0.29) is 13.2 Å². The van der Waals surface area contributed by atoms with Crippen molar-refractivity contribution in [3.05, 3.63) is 84.1 Å². The Morgan fingerprint density at radius 2 is 1.39 bits per heavy atom. The molecule has 31 heavy (non-hydrogen) atoms. The molecule has 0 aliphatic carbocycles. The predicted molar refractivity (Wildman–Crippen MR) is 116 cm³/mol. The molecule has 1 amide bonds. The predicted octanol–water partition coefficient (Wildman–Crippen LogP) is 4.32. The first-order chi connectivity index (χ1) is 15.2. The topological polar surface area (TPSA) is 70.1 Å². The van der Waals surface area contributed by atoms with Gasteiger partial charge in [0.1, 0.15) is 24.7 Å². The van der Waals surface area contributed by atoms with Gasteiger partial charge in [0, 0.05) is 25.4 Å². The number of aromatic nitrogens is 1. The van der Waals surface area contributed by atoms with Crippen LogP contribution >= 0.6 is 0 Å². The third-order valence-electron chi connectivity index (χ3n) is 4.52. The average molecular weight is 422 g/mol. The van der Waals surface area contributed by atoms with Crippen molar-refractivity contribution in [2.75, 3.05) is 27.4 Å². The number of methoxy groups -OCH3 is 2. The Morgan fingerprint density at radius 3 is 1.87 bits per heavy atom. The third kappa shape index (κ3) is 6.92. The van der Waals surface area contributed by atoms with Gasteiger partial charge in [-0.3, -0.25) is 4.90 Å². The van der Waals surface area contributed by atoms with E-state index >= 15 is 0 Å². The number of carbonyl (C=O) groups excluding carboxylic acids is 1. The number of benzene rings is 2. The average Bonchev–Trinajstić information content (AvgIpc) is 2.83. The minimum atomic E-state index is -0.420. The minimum absolute atomic E-state index is 0.122. The first kappa shape index (κ1) is 22.0. The number of nitrogens with zero attached hydrogens (tertiary/aromatic N) is 2. The number of ether oxygens (including phenoxy) is 4. The standard InChI is InChI=1S/C24H26N2O5/c1-28-21-10-6-19(7-11-21)17-26(18-20-8-12-22(29-2)13-9-20)24(27)31-16-15-30-23-5-3-4-14-25-23/h3-14H,15-18H2,1-2H3. The van der Waals surface area contributed by atoms with Gasteiger partial charge < -0.3 is 18.9 Å². The van der Waals surface area contributed by atoms with E-state index in [1.807, 2.05) is 60.7 Å². The SMILES string of the molecule is COc1ccc(CN(Cc2ccc(OC)cc2)C(=O)OCCOc2ccccn2)cc1. The highest BCUT2D eigenvalue weighted by molar-refractivity contribution is 5.67. The molecule has 0 radical (unpaired) electrons. The highest BCUT2D eigenvalue weighted by Gasteiger charge is 2.16. The number of hydrogen-bond donors (Lipinski definition) is 0. The summed E-state index contributed by atoms with van der Waals surface area (Å²) in [5.74, 6) is 2.02. The molecule has 162 valence electrons. The summed E-state index contributed by atoms with van der Waals surface area (Å²) in [4.78, 5) is 18.5. The molecular weight excluding hydrogens is 396 g/mol. The van der Waals surface area contributed by atoms with Gasteiger partial charge in [0.2, 0.25) is 5.88 Å². The Hall–Kier alpha value is -3.74. The Balaban J connectivity index is 1.61. The normalized spacial score (nSPS) is 10.3. The second-order valence-electron chi connectivity index (χ2n) is 6.68. The molecule has 0 N–H and O–H groups in total. The molecule has 0 unspecified atom stereocenters. The van der Waals surface area contributed by atoms with Gasteiger partial charge in [-0.25, -0.2) is 9.78 Å². The first-order valence-electron chi connectivity index (χ1n) is 9.89. The van der Waals surface area contributed by atoms with Crippen LogP contribution < -0.4 is 14.2 Å². The van der Waals surface area contributed by atoms with Crippen LogP contribution in [0, 0.1) is 0 Å². The first-order valence-corrected chi connectivity index (χ1v) is 9.89. The quantitative estimate of drug-likeness (QED) is 0.453. The van der Waals surface area contributed by atoms with Gasteiger partial charge in [-0.1, -0.05) is 30.3 Å². The lowest BCUT2D eigenvalue weighted by atomic mass is 10.1. The molecule has 0 fully saturated rings. The fraction of sp³-hybridized carbons (Fsp3) is 0.250. The van der Waals surface area contributed by atoms with Crippen molar-refractivity contribution < 1.29 is 23.7 Å². The third-order valence-corrected chi connectivity index (χ3v) is 4.52. The number of hydrogen-bond acceptors (Lipinski definition) is 6. The van der Waals surface area contributed by atoms with Gasteiger partial charge in [-0.05, 0) is 41.5 Å². The van der Waals surface area contributed by atoms with Crippen molar-refractivity contribution in [3.63, 3.8) is 0 Å². The highest BCUT2D eigenvalue weighted by Crippen LogP contribution is 2.17. The zero-order chi connectivity index (χ0) is 21.9. The summed E-state index contributed by atoms with van der Waals surface area (Å²) in [6.07, 6.45) is 1.23. The number of rotatable bonds is 10. The molecule has 3 aromatic rings. The smallest absolute Gasteiger partial charge is 0.410 e. The fourth-order valence-electron chi connectivity index (χ4n) is 2.89. The van der Waals surface area contributed by atoms with Crippen LogP contribution in [0.5, 0.6) is 17.4 Å². The van der Waals surface area contributed by atoms with Crippen molar-refractivity contribution in [2.24, 2.45) is 0 Å². The van der Waals surface area contributed by atoms with Crippen molar-refractivity contribution in [1.29, 1.82) is 0 Å². The summed E-state index contributed by atoms with van der Waals surface area (Å²) in [5.41, 5.74) is 1.94. The van der Waals surface area contributed by atoms with Crippen LogP contribution in [0.1, 0.15) is 11.1 Å². The Kier molecular flexibility index (Phi) is 8.11. The maximum absolute atomic E-state index is 12.8. The summed E-state index contributed by atoms with van der Waals surface area (Å²) < 4.78 is 21.3. The zero-order valence-electron chi connectivity index (χ0n) is 17.7. The van der Waals surface area contributed by atoms with Crippen LogP contribution in [-0.4, -0.2) is 43.4 Å². The van der Waals surface area contributed by atoms with E-state index in [1.54, 1.807) is 31.4 Å². The molecule has 7 nitrogen and oxygen atoms in total. The van der Waals surface area contributed by atoms with Gasteiger partial charge >= 0.3 is 6.09 Å². The van der Waals surface area contributed by atoms with Crippen LogP contribution in [0.2, 0.25) is 0 Å². The van der Waals surface area contributed by atoms with E-state index in [0.717, 1.165) is 22.6 Å². The molecular formula is C24H26N2O5. The summed E-state index contributed by atoms with van der Waals surface area (Å²) in [7, 11) is 3.24. The summed E-state index contributed by atoms with van der Waals surface area (Å²) in [6.45, 7) is 1.14. The molecule has 3 rings (SSSR count). The molecule has 0 saturated heterocycles. The second kappa shape index (κ2) is 11.4. The Morgan fingerprint density at radius 1 is 0.806 bits per heavy atom. The summed E-state index contributed by atoms with van der Waals surface area (Å²) >= 11 is 0. The van der Waals surface area contributed by atoms with Crippen LogP contribution in [0.25, 0.3) is 0 Å². The molecule has 0 aliphatic heterocycles. The maximum atomic E-state index is 12.8. The van der Waals surface area contributed by atoms with Gasteiger partial charge in [0.05, 0.1) is 14.2 Å². The lowest BCUT2D eigenvalue weighted by molar-refractivity contribution is 0.0829.